The maximum atomic E-state index is 12.3. The second kappa shape index (κ2) is 6.48. The number of hydrogen-bond donors (Lipinski definition) is 1. The molecule has 0 bridgehead atoms. The van der Waals surface area contributed by atoms with Crippen LogP contribution >= 0.6 is 0 Å². The smallest absolute Gasteiger partial charge is 0.249 e. The van der Waals surface area contributed by atoms with Crippen molar-refractivity contribution in [3.63, 3.8) is 0 Å². The summed E-state index contributed by atoms with van der Waals surface area (Å²) < 4.78 is 11.4. The highest BCUT2D eigenvalue weighted by Gasteiger charge is 2.42. The van der Waals surface area contributed by atoms with Crippen molar-refractivity contribution in [2.75, 3.05) is 19.6 Å². The molecule has 1 saturated carbocycles. The van der Waals surface area contributed by atoms with Crippen LogP contribution in [0.15, 0.2) is 4.52 Å². The van der Waals surface area contributed by atoms with Gasteiger partial charge in [-0.2, -0.15) is 0 Å². The van der Waals surface area contributed by atoms with Crippen LogP contribution in [0.2, 0.25) is 0 Å². The molecule has 0 radical (unpaired) electrons. The van der Waals surface area contributed by atoms with Gasteiger partial charge in [-0.25, -0.2) is 0 Å². The van der Waals surface area contributed by atoms with E-state index in [0.717, 1.165) is 50.5 Å². The molecule has 1 aromatic rings. The lowest BCUT2D eigenvalue weighted by Gasteiger charge is -2.33. The maximum Gasteiger partial charge on any atom is 0.249 e. The number of carbonyl (C=O) groups excluding carboxylic acids is 1. The summed E-state index contributed by atoms with van der Waals surface area (Å²) in [4.78, 5) is 14.7. The topological polar surface area (TPSA) is 67.6 Å². The van der Waals surface area contributed by atoms with E-state index in [1.165, 1.54) is 18.4 Å². The number of aromatic nitrogens is 1. The summed E-state index contributed by atoms with van der Waals surface area (Å²) in [6, 6.07) is 0. The highest BCUT2D eigenvalue weighted by Crippen LogP contribution is 2.34. The Kier molecular flexibility index (Phi) is 4.35. The minimum absolute atomic E-state index is 0.0913. The van der Waals surface area contributed by atoms with Crippen molar-refractivity contribution < 1.29 is 14.1 Å². The molecule has 1 N–H and O–H groups in total. The number of aryl methyl sites for hydroxylation is 2. The number of hydrogen-bond acceptors (Lipinski definition) is 5. The third-order valence-corrected chi connectivity index (χ3v) is 5.75. The molecular weight excluding hydrogens is 306 g/mol. The van der Waals surface area contributed by atoms with Gasteiger partial charge in [0, 0.05) is 25.2 Å². The van der Waals surface area contributed by atoms with Crippen LogP contribution < -0.4 is 5.32 Å². The van der Waals surface area contributed by atoms with Crippen LogP contribution in [-0.4, -0.2) is 47.8 Å². The van der Waals surface area contributed by atoms with Crippen molar-refractivity contribution in [3.8, 4) is 0 Å². The van der Waals surface area contributed by atoms with Gasteiger partial charge in [0.2, 0.25) is 5.91 Å². The number of carbonyl (C=O) groups is 1. The fourth-order valence-electron chi connectivity index (χ4n) is 3.94. The molecule has 6 nitrogen and oxygen atoms in total. The number of nitrogens with zero attached hydrogens (tertiary/aromatic N) is 2. The summed E-state index contributed by atoms with van der Waals surface area (Å²) >= 11 is 0. The van der Waals surface area contributed by atoms with E-state index in [0.29, 0.717) is 11.8 Å². The molecule has 3 aliphatic rings. The van der Waals surface area contributed by atoms with Crippen LogP contribution in [0.5, 0.6) is 0 Å². The van der Waals surface area contributed by atoms with Gasteiger partial charge in [-0.1, -0.05) is 5.16 Å². The van der Waals surface area contributed by atoms with E-state index in [1.807, 2.05) is 13.8 Å². The van der Waals surface area contributed by atoms with Crippen LogP contribution in [-0.2, 0) is 16.1 Å². The zero-order chi connectivity index (χ0) is 16.7. The van der Waals surface area contributed by atoms with Crippen molar-refractivity contribution >= 4 is 5.91 Å². The average molecular weight is 333 g/mol. The second-order valence-electron chi connectivity index (χ2n) is 7.67. The molecule has 2 aliphatic heterocycles. The SMILES string of the molecule is Cc1noc(C)c1CN1CC[C@H]2C[C@@H](C(=O)NCC3CC3)O[C@@H]2C1. The lowest BCUT2D eigenvalue weighted by atomic mass is 9.91. The molecule has 1 aromatic heterocycles. The Bertz CT molecular complexity index is 591. The van der Waals surface area contributed by atoms with Gasteiger partial charge in [-0.05, 0) is 57.9 Å². The van der Waals surface area contributed by atoms with Crippen molar-refractivity contribution in [3.05, 3.63) is 17.0 Å². The van der Waals surface area contributed by atoms with E-state index < -0.39 is 0 Å². The Balaban J connectivity index is 1.31. The van der Waals surface area contributed by atoms with Gasteiger partial charge >= 0.3 is 0 Å². The minimum atomic E-state index is -0.252. The number of fused-ring (bicyclic) bond motifs is 1. The quantitative estimate of drug-likeness (QED) is 0.890. The minimum Gasteiger partial charge on any atom is -0.364 e. The van der Waals surface area contributed by atoms with Crippen LogP contribution in [0.4, 0.5) is 0 Å². The number of likely N-dealkylation sites (tertiary alicyclic amines) is 1. The predicted octanol–water partition coefficient (Wildman–Crippen LogP) is 1.80. The summed E-state index contributed by atoms with van der Waals surface area (Å²) in [5.41, 5.74) is 2.16. The highest BCUT2D eigenvalue weighted by molar-refractivity contribution is 5.81. The predicted molar refractivity (Wildman–Crippen MR) is 88.4 cm³/mol. The fraction of sp³-hybridized carbons (Fsp3) is 0.778. The first-order chi connectivity index (χ1) is 11.6. The van der Waals surface area contributed by atoms with E-state index in [-0.39, 0.29) is 18.1 Å². The van der Waals surface area contributed by atoms with Gasteiger partial charge in [0.05, 0.1) is 11.8 Å². The Morgan fingerprint density at radius 3 is 2.88 bits per heavy atom. The Morgan fingerprint density at radius 1 is 1.33 bits per heavy atom. The number of nitrogens with one attached hydrogen (secondary N) is 1. The molecule has 6 heteroatoms. The first-order valence-electron chi connectivity index (χ1n) is 9.17. The number of ether oxygens (including phenoxy) is 1. The van der Waals surface area contributed by atoms with E-state index in [1.54, 1.807) is 0 Å². The summed E-state index contributed by atoms with van der Waals surface area (Å²) in [6.45, 7) is 7.57. The molecule has 3 atom stereocenters. The molecule has 0 spiro atoms. The summed E-state index contributed by atoms with van der Waals surface area (Å²) in [5, 5.41) is 7.10. The third kappa shape index (κ3) is 3.35. The zero-order valence-corrected chi connectivity index (χ0v) is 14.6. The molecule has 0 aromatic carbocycles. The van der Waals surface area contributed by atoms with Gasteiger partial charge < -0.3 is 14.6 Å². The first kappa shape index (κ1) is 16.1. The van der Waals surface area contributed by atoms with Crippen molar-refractivity contribution in [1.29, 1.82) is 0 Å². The van der Waals surface area contributed by atoms with Crippen molar-refractivity contribution in [2.24, 2.45) is 11.8 Å². The lowest BCUT2D eigenvalue weighted by Crippen LogP contribution is -2.42. The Morgan fingerprint density at radius 2 is 2.17 bits per heavy atom. The van der Waals surface area contributed by atoms with Gasteiger partial charge in [-0.3, -0.25) is 9.69 Å². The molecule has 3 heterocycles. The number of rotatable bonds is 5. The molecule has 132 valence electrons. The molecular formula is C18H27N3O3. The van der Waals surface area contributed by atoms with E-state index in [4.69, 9.17) is 9.26 Å². The molecule has 4 rings (SSSR count). The largest absolute Gasteiger partial charge is 0.364 e. The summed E-state index contributed by atoms with van der Waals surface area (Å²) in [7, 11) is 0. The first-order valence-corrected chi connectivity index (χ1v) is 9.17. The van der Waals surface area contributed by atoms with Crippen LogP contribution in [0.3, 0.4) is 0 Å². The number of amides is 1. The van der Waals surface area contributed by atoms with Crippen molar-refractivity contribution in [1.82, 2.24) is 15.4 Å². The summed E-state index contributed by atoms with van der Waals surface area (Å²) in [6.07, 6.45) is 4.41. The maximum absolute atomic E-state index is 12.3. The molecule has 0 unspecified atom stereocenters. The van der Waals surface area contributed by atoms with Crippen LogP contribution in [0.1, 0.15) is 42.7 Å². The van der Waals surface area contributed by atoms with Gasteiger partial charge in [0.25, 0.3) is 0 Å². The van der Waals surface area contributed by atoms with Crippen LogP contribution in [0, 0.1) is 25.7 Å². The van der Waals surface area contributed by atoms with E-state index in [9.17, 15) is 4.79 Å². The molecule has 24 heavy (non-hydrogen) atoms. The second-order valence-corrected chi connectivity index (χ2v) is 7.67. The summed E-state index contributed by atoms with van der Waals surface area (Å²) in [5.74, 6) is 2.22. The highest BCUT2D eigenvalue weighted by atomic mass is 16.5. The standard InChI is InChI=1S/C18H27N3O3/c1-11-15(12(2)24-20-11)9-21-6-5-14-7-16(23-17(14)10-21)18(22)19-8-13-3-4-13/h13-14,16-17H,3-10H2,1-2H3,(H,19,22)/t14-,16-,17+/m0/s1. The Hall–Kier alpha value is -1.40. The lowest BCUT2D eigenvalue weighted by molar-refractivity contribution is -0.132. The molecule has 1 aliphatic carbocycles. The van der Waals surface area contributed by atoms with E-state index in [2.05, 4.69) is 15.4 Å². The normalized spacial score (nSPS) is 30.3. The van der Waals surface area contributed by atoms with Gasteiger partial charge in [-0.15, -0.1) is 0 Å². The molecule has 2 saturated heterocycles. The third-order valence-electron chi connectivity index (χ3n) is 5.75. The van der Waals surface area contributed by atoms with Crippen molar-refractivity contribution in [2.45, 2.75) is 58.3 Å². The monoisotopic (exact) mass is 333 g/mol. The van der Waals surface area contributed by atoms with E-state index >= 15 is 0 Å². The molecule has 1 amide bonds. The van der Waals surface area contributed by atoms with Gasteiger partial charge in [0.1, 0.15) is 11.9 Å². The zero-order valence-electron chi connectivity index (χ0n) is 14.6. The Labute approximate surface area is 142 Å². The van der Waals surface area contributed by atoms with Gasteiger partial charge in [0.15, 0.2) is 0 Å². The molecule has 3 fully saturated rings. The average Bonchev–Trinajstić information content (AvgIpc) is 3.23. The number of piperidine rings is 1. The van der Waals surface area contributed by atoms with Crippen LogP contribution in [0.25, 0.3) is 0 Å². The fourth-order valence-corrected chi connectivity index (χ4v) is 3.94.